The standard InChI is InChI=1S/C56H35NO2/c1-3-13-36(14-4-1)46-21-11-22-49-53-45(20-12-24-52(53)59-55(46)49)39-27-29-41(30-28-39)57(42-31-32-44-40(35-42)26-25-38-17-7-8-18-43(38)44)50-34-33-47(37-15-5-2-6-16-37)56-54(50)48-19-9-10-23-51(48)58-56/h1-35H. The summed E-state index contributed by atoms with van der Waals surface area (Å²) in [5.74, 6) is 0. The van der Waals surface area contributed by atoms with Gasteiger partial charge in [-0.05, 0) is 92.3 Å². The van der Waals surface area contributed by atoms with Gasteiger partial charge in [0.25, 0.3) is 0 Å². The summed E-state index contributed by atoms with van der Waals surface area (Å²) in [6.45, 7) is 0. The van der Waals surface area contributed by atoms with Crippen LogP contribution in [0.15, 0.2) is 221 Å². The zero-order valence-electron chi connectivity index (χ0n) is 32.0. The van der Waals surface area contributed by atoms with Crippen molar-refractivity contribution in [2.75, 3.05) is 4.90 Å². The maximum atomic E-state index is 6.77. The average Bonchev–Trinajstić information content (AvgIpc) is 3.89. The molecule has 0 aliphatic heterocycles. The van der Waals surface area contributed by atoms with Gasteiger partial charge in [0, 0.05) is 38.7 Å². The molecule has 0 bridgehead atoms. The maximum absolute atomic E-state index is 6.77. The summed E-state index contributed by atoms with van der Waals surface area (Å²) in [5.41, 5.74) is 13.4. The lowest BCUT2D eigenvalue weighted by Crippen LogP contribution is -2.10. The van der Waals surface area contributed by atoms with Crippen LogP contribution in [0.5, 0.6) is 0 Å². The monoisotopic (exact) mass is 753 g/mol. The molecule has 0 N–H and O–H groups in total. The number of anilines is 3. The Bertz CT molecular complexity index is 3540. The molecule has 10 aromatic carbocycles. The van der Waals surface area contributed by atoms with Crippen molar-refractivity contribution < 1.29 is 8.83 Å². The number of para-hydroxylation sites is 2. The molecule has 2 heterocycles. The smallest absolute Gasteiger partial charge is 0.145 e. The molecule has 0 radical (unpaired) electrons. The molecule has 0 unspecified atom stereocenters. The van der Waals surface area contributed by atoms with Crippen LogP contribution >= 0.6 is 0 Å². The van der Waals surface area contributed by atoms with E-state index in [0.29, 0.717) is 0 Å². The molecule has 59 heavy (non-hydrogen) atoms. The molecule has 12 rings (SSSR count). The summed E-state index contributed by atoms with van der Waals surface area (Å²) < 4.78 is 13.4. The minimum Gasteiger partial charge on any atom is -0.455 e. The third-order valence-electron chi connectivity index (χ3n) is 11.9. The summed E-state index contributed by atoms with van der Waals surface area (Å²) in [5, 5.41) is 9.29. The summed E-state index contributed by atoms with van der Waals surface area (Å²) in [6, 6.07) is 75.6. The summed E-state index contributed by atoms with van der Waals surface area (Å²) in [4.78, 5) is 2.39. The summed E-state index contributed by atoms with van der Waals surface area (Å²) >= 11 is 0. The van der Waals surface area contributed by atoms with Gasteiger partial charge < -0.3 is 13.7 Å². The predicted molar refractivity (Wildman–Crippen MR) is 247 cm³/mol. The number of rotatable bonds is 6. The van der Waals surface area contributed by atoms with E-state index < -0.39 is 0 Å². The first-order chi connectivity index (χ1) is 29.3. The van der Waals surface area contributed by atoms with Gasteiger partial charge in [0.15, 0.2) is 0 Å². The quantitative estimate of drug-likeness (QED) is 0.158. The molecule has 3 heteroatoms. The molecule has 0 aliphatic carbocycles. The molecule has 0 spiro atoms. The first-order valence-electron chi connectivity index (χ1n) is 20.1. The second-order valence-corrected chi connectivity index (χ2v) is 15.2. The molecular weight excluding hydrogens is 719 g/mol. The largest absolute Gasteiger partial charge is 0.455 e. The second kappa shape index (κ2) is 13.4. The van der Waals surface area contributed by atoms with Crippen molar-refractivity contribution in [3.8, 4) is 33.4 Å². The fourth-order valence-electron chi connectivity index (χ4n) is 9.13. The van der Waals surface area contributed by atoms with Crippen LogP contribution < -0.4 is 4.90 Å². The van der Waals surface area contributed by atoms with Gasteiger partial charge in [0.05, 0.1) is 11.1 Å². The second-order valence-electron chi connectivity index (χ2n) is 15.2. The molecule has 0 aliphatic rings. The van der Waals surface area contributed by atoms with Crippen LogP contribution in [0.4, 0.5) is 17.1 Å². The van der Waals surface area contributed by atoms with Gasteiger partial charge in [-0.25, -0.2) is 0 Å². The Morgan fingerprint density at radius 2 is 0.881 bits per heavy atom. The van der Waals surface area contributed by atoms with E-state index in [1.165, 1.54) is 21.5 Å². The Kier molecular flexibility index (Phi) is 7.54. The van der Waals surface area contributed by atoms with E-state index in [1.807, 2.05) is 12.1 Å². The Balaban J connectivity index is 1.06. The highest BCUT2D eigenvalue weighted by Gasteiger charge is 2.23. The third-order valence-corrected chi connectivity index (χ3v) is 11.9. The molecule has 0 fully saturated rings. The normalized spacial score (nSPS) is 11.7. The highest BCUT2D eigenvalue weighted by Crippen LogP contribution is 2.47. The molecule has 3 nitrogen and oxygen atoms in total. The van der Waals surface area contributed by atoms with E-state index in [4.69, 9.17) is 8.83 Å². The third kappa shape index (κ3) is 5.36. The van der Waals surface area contributed by atoms with Gasteiger partial charge in [-0.1, -0.05) is 164 Å². The summed E-state index contributed by atoms with van der Waals surface area (Å²) in [6.07, 6.45) is 0. The predicted octanol–water partition coefficient (Wildman–Crippen LogP) is 16.3. The highest BCUT2D eigenvalue weighted by atomic mass is 16.3. The Hall–Kier alpha value is -7.88. The van der Waals surface area contributed by atoms with E-state index in [-0.39, 0.29) is 0 Å². The maximum Gasteiger partial charge on any atom is 0.145 e. The molecule has 0 saturated carbocycles. The molecule has 0 atom stereocenters. The van der Waals surface area contributed by atoms with Crippen LogP contribution in [0.2, 0.25) is 0 Å². The topological polar surface area (TPSA) is 29.5 Å². The van der Waals surface area contributed by atoms with E-state index in [2.05, 4.69) is 205 Å². The van der Waals surface area contributed by atoms with Gasteiger partial charge in [-0.3, -0.25) is 0 Å². The van der Waals surface area contributed by atoms with Crippen molar-refractivity contribution in [3.63, 3.8) is 0 Å². The minimum absolute atomic E-state index is 0.864. The highest BCUT2D eigenvalue weighted by molar-refractivity contribution is 6.18. The minimum atomic E-state index is 0.864. The van der Waals surface area contributed by atoms with E-state index in [9.17, 15) is 0 Å². The number of fused-ring (bicyclic) bond motifs is 9. The average molecular weight is 754 g/mol. The molecule has 0 saturated heterocycles. The van der Waals surface area contributed by atoms with Crippen LogP contribution in [-0.4, -0.2) is 0 Å². The van der Waals surface area contributed by atoms with Gasteiger partial charge in [0.2, 0.25) is 0 Å². The van der Waals surface area contributed by atoms with Crippen LogP contribution in [0, 0.1) is 0 Å². The Labute approximate surface area is 340 Å². The zero-order valence-corrected chi connectivity index (χ0v) is 32.0. The van der Waals surface area contributed by atoms with Gasteiger partial charge >= 0.3 is 0 Å². The lowest BCUT2D eigenvalue weighted by molar-refractivity contribution is 0.669. The molecule has 0 amide bonds. The summed E-state index contributed by atoms with van der Waals surface area (Å²) in [7, 11) is 0. The number of hydrogen-bond acceptors (Lipinski definition) is 3. The fourth-order valence-corrected chi connectivity index (χ4v) is 9.13. The fraction of sp³-hybridized carbons (Fsp3) is 0. The zero-order chi connectivity index (χ0) is 38.9. The van der Waals surface area contributed by atoms with E-state index in [1.54, 1.807) is 0 Å². The van der Waals surface area contributed by atoms with Crippen LogP contribution in [0.1, 0.15) is 0 Å². The molecule has 276 valence electrons. The van der Waals surface area contributed by atoms with Crippen molar-refractivity contribution in [1.82, 2.24) is 0 Å². The molecular formula is C56H35NO2. The molecule has 12 aromatic rings. The van der Waals surface area contributed by atoms with Gasteiger partial charge in [-0.2, -0.15) is 0 Å². The van der Waals surface area contributed by atoms with Crippen LogP contribution in [0.3, 0.4) is 0 Å². The Morgan fingerprint density at radius 1 is 0.305 bits per heavy atom. The van der Waals surface area contributed by atoms with Gasteiger partial charge in [-0.15, -0.1) is 0 Å². The molecule has 2 aromatic heterocycles. The first kappa shape index (κ1) is 33.3. The van der Waals surface area contributed by atoms with Crippen molar-refractivity contribution in [2.45, 2.75) is 0 Å². The van der Waals surface area contributed by atoms with Crippen LogP contribution in [-0.2, 0) is 0 Å². The number of benzene rings is 10. The van der Waals surface area contributed by atoms with Crippen molar-refractivity contribution in [1.29, 1.82) is 0 Å². The van der Waals surface area contributed by atoms with E-state index in [0.717, 1.165) is 94.3 Å². The SMILES string of the molecule is c1ccc(-c2cccc3c2oc2cccc(-c4ccc(N(c5ccc6c(ccc7ccccc76)c5)c5ccc(-c6ccccc6)c6oc7ccccc7c56)cc4)c23)cc1. The van der Waals surface area contributed by atoms with Crippen LogP contribution in [0.25, 0.3) is 98.8 Å². The number of hydrogen-bond donors (Lipinski definition) is 0. The van der Waals surface area contributed by atoms with Gasteiger partial charge in [0.1, 0.15) is 22.3 Å². The Morgan fingerprint density at radius 3 is 1.69 bits per heavy atom. The van der Waals surface area contributed by atoms with Crippen molar-refractivity contribution in [3.05, 3.63) is 212 Å². The lowest BCUT2D eigenvalue weighted by atomic mass is 9.96. The first-order valence-corrected chi connectivity index (χ1v) is 20.1. The number of furan rings is 2. The van der Waals surface area contributed by atoms with Crippen molar-refractivity contribution in [2.24, 2.45) is 0 Å². The van der Waals surface area contributed by atoms with E-state index >= 15 is 0 Å². The lowest BCUT2D eigenvalue weighted by Gasteiger charge is -2.27. The number of nitrogens with zero attached hydrogens (tertiary/aromatic N) is 1. The van der Waals surface area contributed by atoms with Crippen molar-refractivity contribution >= 4 is 82.5 Å².